The number of rotatable bonds is 7. The summed E-state index contributed by atoms with van der Waals surface area (Å²) in [6, 6.07) is 6.55. The van der Waals surface area contributed by atoms with Crippen molar-refractivity contribution in [3.05, 3.63) is 29.8 Å². The first-order valence-corrected chi connectivity index (χ1v) is 7.65. The summed E-state index contributed by atoms with van der Waals surface area (Å²) in [5.74, 6) is -1.18. The lowest BCUT2D eigenvalue weighted by Gasteiger charge is -2.22. The number of hydrogen-bond donors (Lipinski definition) is 2. The zero-order valence-corrected chi connectivity index (χ0v) is 14.8. The summed E-state index contributed by atoms with van der Waals surface area (Å²) < 4.78 is 10.5. The molecule has 0 aromatic heterocycles. The summed E-state index contributed by atoms with van der Waals surface area (Å²) in [5, 5.41) is 11.5. The molecule has 0 aliphatic carbocycles. The molecule has 1 aromatic rings. The summed E-state index contributed by atoms with van der Waals surface area (Å²) in [6.45, 7) is 5.22. The van der Waals surface area contributed by atoms with Crippen molar-refractivity contribution in [2.45, 2.75) is 39.0 Å². The number of nitrogens with zero attached hydrogens (tertiary/aromatic N) is 1. The molecule has 1 amide bonds. The number of carbonyl (C=O) groups is 2. The normalized spacial score (nSPS) is 12.4. The number of benzene rings is 1. The number of carbonyl (C=O) groups excluding carboxylic acids is 1. The Morgan fingerprint density at radius 1 is 1.21 bits per heavy atom. The fourth-order valence-electron chi connectivity index (χ4n) is 1.81. The number of aliphatic carboxylic acids is 1. The number of anilines is 1. The van der Waals surface area contributed by atoms with Gasteiger partial charge in [-0.05, 0) is 38.5 Å². The quantitative estimate of drug-likeness (QED) is 0.793. The first kappa shape index (κ1) is 19.8. The van der Waals surface area contributed by atoms with Crippen molar-refractivity contribution in [1.29, 1.82) is 0 Å². The molecule has 0 heterocycles. The van der Waals surface area contributed by atoms with Gasteiger partial charge in [0.25, 0.3) is 0 Å². The van der Waals surface area contributed by atoms with Crippen LogP contribution in [0.15, 0.2) is 24.3 Å². The van der Waals surface area contributed by atoms with E-state index in [-0.39, 0.29) is 13.2 Å². The van der Waals surface area contributed by atoms with Crippen molar-refractivity contribution < 1.29 is 24.2 Å². The van der Waals surface area contributed by atoms with Gasteiger partial charge in [0.2, 0.25) is 0 Å². The third-order valence-electron chi connectivity index (χ3n) is 3.00. The molecule has 0 fully saturated rings. The maximum atomic E-state index is 11.7. The van der Waals surface area contributed by atoms with E-state index in [4.69, 9.17) is 14.6 Å². The zero-order chi connectivity index (χ0) is 18.3. The molecule has 0 aliphatic heterocycles. The van der Waals surface area contributed by atoms with Crippen LogP contribution in [0, 0.1) is 0 Å². The van der Waals surface area contributed by atoms with Gasteiger partial charge in [-0.15, -0.1) is 0 Å². The van der Waals surface area contributed by atoms with Crippen LogP contribution in [0.2, 0.25) is 0 Å². The smallest absolute Gasteiger partial charge is 0.408 e. The van der Waals surface area contributed by atoms with Crippen molar-refractivity contribution in [2.24, 2.45) is 0 Å². The number of alkyl carbamates (subject to hydrolysis) is 1. The minimum absolute atomic E-state index is 0.149. The monoisotopic (exact) mass is 338 g/mol. The van der Waals surface area contributed by atoms with E-state index >= 15 is 0 Å². The van der Waals surface area contributed by atoms with E-state index in [1.807, 2.05) is 43.3 Å². The van der Waals surface area contributed by atoms with Gasteiger partial charge in [-0.3, -0.25) is 0 Å². The Balaban J connectivity index is 2.49. The second-order valence-corrected chi connectivity index (χ2v) is 6.61. The lowest BCUT2D eigenvalue weighted by atomic mass is 10.2. The van der Waals surface area contributed by atoms with Crippen LogP contribution in [0.3, 0.4) is 0 Å². The van der Waals surface area contributed by atoms with Gasteiger partial charge in [0.1, 0.15) is 5.60 Å². The predicted molar refractivity (Wildman–Crippen MR) is 91.2 cm³/mol. The predicted octanol–water partition coefficient (Wildman–Crippen LogP) is 2.25. The molecular weight excluding hydrogens is 312 g/mol. The number of ether oxygens (including phenoxy) is 2. The van der Waals surface area contributed by atoms with Crippen molar-refractivity contribution in [2.75, 3.05) is 25.6 Å². The van der Waals surface area contributed by atoms with Gasteiger partial charge in [0, 0.05) is 19.8 Å². The molecule has 0 saturated carbocycles. The molecule has 0 radical (unpaired) electrons. The number of amides is 1. The molecule has 1 atom stereocenters. The highest BCUT2D eigenvalue weighted by Gasteiger charge is 2.24. The maximum absolute atomic E-state index is 11.7. The van der Waals surface area contributed by atoms with Crippen LogP contribution < -0.4 is 10.2 Å². The van der Waals surface area contributed by atoms with Gasteiger partial charge in [0.05, 0.1) is 13.2 Å². The minimum atomic E-state index is -1.18. The average Bonchev–Trinajstić information content (AvgIpc) is 2.44. The van der Waals surface area contributed by atoms with Gasteiger partial charge in [-0.25, -0.2) is 9.59 Å². The van der Waals surface area contributed by atoms with Crippen LogP contribution in [0.4, 0.5) is 10.5 Å². The average molecular weight is 338 g/mol. The number of carboxylic acid groups (broad SMARTS) is 1. The number of nitrogens with one attached hydrogen (secondary N) is 1. The third-order valence-corrected chi connectivity index (χ3v) is 3.00. The van der Waals surface area contributed by atoms with E-state index in [1.165, 1.54) is 0 Å². The Kier molecular flexibility index (Phi) is 7.03. The lowest BCUT2D eigenvalue weighted by Crippen LogP contribution is -2.46. The van der Waals surface area contributed by atoms with Gasteiger partial charge < -0.3 is 24.8 Å². The summed E-state index contributed by atoms with van der Waals surface area (Å²) in [7, 11) is 3.90. The summed E-state index contributed by atoms with van der Waals surface area (Å²) in [6.07, 6.45) is -0.783. The topological polar surface area (TPSA) is 88.1 Å². The zero-order valence-electron chi connectivity index (χ0n) is 14.8. The molecule has 2 N–H and O–H groups in total. The van der Waals surface area contributed by atoms with E-state index in [9.17, 15) is 9.59 Å². The summed E-state index contributed by atoms with van der Waals surface area (Å²) in [5.41, 5.74) is 1.29. The van der Waals surface area contributed by atoms with Crippen molar-refractivity contribution in [1.82, 2.24) is 5.32 Å². The van der Waals surface area contributed by atoms with Crippen LogP contribution in [0.5, 0.6) is 0 Å². The highest BCUT2D eigenvalue weighted by Crippen LogP contribution is 2.13. The van der Waals surface area contributed by atoms with E-state index in [0.29, 0.717) is 0 Å². The Morgan fingerprint density at radius 3 is 2.25 bits per heavy atom. The van der Waals surface area contributed by atoms with Gasteiger partial charge in [-0.1, -0.05) is 12.1 Å². The molecule has 134 valence electrons. The van der Waals surface area contributed by atoms with Gasteiger partial charge in [-0.2, -0.15) is 0 Å². The first-order chi connectivity index (χ1) is 11.1. The highest BCUT2D eigenvalue weighted by atomic mass is 16.6. The van der Waals surface area contributed by atoms with Crippen molar-refractivity contribution in [3.8, 4) is 0 Å². The molecule has 1 rings (SSSR count). The van der Waals surface area contributed by atoms with E-state index in [0.717, 1.165) is 11.3 Å². The molecule has 0 saturated heterocycles. The summed E-state index contributed by atoms with van der Waals surface area (Å²) in [4.78, 5) is 24.8. The minimum Gasteiger partial charge on any atom is -0.480 e. The van der Waals surface area contributed by atoms with E-state index in [1.54, 1.807) is 20.8 Å². The molecular formula is C17H26N2O5. The first-order valence-electron chi connectivity index (χ1n) is 7.65. The summed E-state index contributed by atoms with van der Waals surface area (Å²) >= 11 is 0. The second kappa shape index (κ2) is 8.54. The van der Waals surface area contributed by atoms with Crippen molar-refractivity contribution >= 4 is 17.7 Å². The molecule has 0 aliphatic rings. The fourth-order valence-corrected chi connectivity index (χ4v) is 1.81. The largest absolute Gasteiger partial charge is 0.480 e. The maximum Gasteiger partial charge on any atom is 0.408 e. The molecule has 24 heavy (non-hydrogen) atoms. The third kappa shape index (κ3) is 7.32. The Bertz CT molecular complexity index is 549. The molecule has 1 aromatic carbocycles. The van der Waals surface area contributed by atoms with Crippen LogP contribution in [0.25, 0.3) is 0 Å². The molecule has 7 nitrogen and oxygen atoms in total. The Hall–Kier alpha value is -2.28. The number of hydrogen-bond acceptors (Lipinski definition) is 5. The second-order valence-electron chi connectivity index (χ2n) is 6.61. The Morgan fingerprint density at radius 2 is 1.79 bits per heavy atom. The van der Waals surface area contributed by atoms with Crippen molar-refractivity contribution in [3.63, 3.8) is 0 Å². The standard InChI is InChI=1S/C17H26N2O5/c1-17(2,3)24-16(22)18-14(15(20)21)11-23-10-12-6-8-13(9-7-12)19(4)5/h6-9,14H,10-11H2,1-5H3,(H,18,22)(H,20,21)/t14-/m0/s1. The molecule has 0 spiro atoms. The molecule has 0 bridgehead atoms. The van der Waals surface area contributed by atoms with E-state index < -0.39 is 23.7 Å². The Labute approximate surface area is 142 Å². The number of carboxylic acids is 1. The lowest BCUT2D eigenvalue weighted by molar-refractivity contribution is -0.141. The highest BCUT2D eigenvalue weighted by molar-refractivity contribution is 5.80. The van der Waals surface area contributed by atoms with Gasteiger partial charge >= 0.3 is 12.1 Å². The van der Waals surface area contributed by atoms with E-state index in [2.05, 4.69) is 5.32 Å². The molecule has 0 unspecified atom stereocenters. The van der Waals surface area contributed by atoms with Crippen LogP contribution in [0.1, 0.15) is 26.3 Å². The van der Waals surface area contributed by atoms with Crippen LogP contribution in [-0.4, -0.2) is 49.5 Å². The molecule has 7 heteroatoms. The van der Waals surface area contributed by atoms with Crippen LogP contribution in [-0.2, 0) is 20.9 Å². The van der Waals surface area contributed by atoms with Gasteiger partial charge in [0.15, 0.2) is 6.04 Å². The fraction of sp³-hybridized carbons (Fsp3) is 0.529. The SMILES string of the molecule is CN(C)c1ccc(COC[C@H](NC(=O)OC(C)(C)C)C(=O)O)cc1. The van der Waals surface area contributed by atoms with Crippen LogP contribution >= 0.6 is 0 Å².